The molecule has 1 fully saturated rings. The van der Waals surface area contributed by atoms with Gasteiger partial charge < -0.3 is 15.5 Å². The van der Waals surface area contributed by atoms with Crippen molar-refractivity contribution in [2.75, 3.05) is 38.6 Å². The monoisotopic (exact) mass is 343 g/mol. The van der Waals surface area contributed by atoms with Crippen molar-refractivity contribution in [3.05, 3.63) is 21.0 Å². The van der Waals surface area contributed by atoms with Gasteiger partial charge in [0.05, 0.1) is 18.4 Å². The molecule has 0 radical (unpaired) electrons. The van der Waals surface area contributed by atoms with Crippen LogP contribution in [-0.4, -0.2) is 54.5 Å². The Morgan fingerprint density at radius 3 is 2.70 bits per heavy atom. The second kappa shape index (κ2) is 6.69. The number of halogens is 1. The predicted octanol–water partition coefficient (Wildman–Crippen LogP) is 0.495. The van der Waals surface area contributed by atoms with Crippen LogP contribution in [0.2, 0.25) is 0 Å². The molecule has 1 saturated heterocycles. The molecular formula is C13H22BrN5O. The van der Waals surface area contributed by atoms with Crippen LogP contribution in [0.5, 0.6) is 0 Å². The van der Waals surface area contributed by atoms with E-state index in [-0.39, 0.29) is 11.6 Å². The van der Waals surface area contributed by atoms with Crippen LogP contribution < -0.4 is 16.2 Å². The second-order valence-electron chi connectivity index (χ2n) is 5.50. The topological polar surface area (TPSA) is 67.4 Å². The molecule has 0 aromatic carbocycles. The molecule has 0 unspecified atom stereocenters. The van der Waals surface area contributed by atoms with Crippen LogP contribution in [0, 0.1) is 0 Å². The third kappa shape index (κ3) is 3.59. The average Bonchev–Trinajstić information content (AvgIpc) is 2.42. The molecule has 0 saturated carbocycles. The highest BCUT2D eigenvalue weighted by molar-refractivity contribution is 9.10. The van der Waals surface area contributed by atoms with E-state index in [9.17, 15) is 4.79 Å². The van der Waals surface area contributed by atoms with Gasteiger partial charge >= 0.3 is 0 Å². The van der Waals surface area contributed by atoms with E-state index in [2.05, 4.69) is 25.9 Å². The van der Waals surface area contributed by atoms with Crippen molar-refractivity contribution in [2.45, 2.75) is 25.4 Å². The lowest BCUT2D eigenvalue weighted by Gasteiger charge is -2.32. The number of hydrogen-bond acceptors (Lipinski definition) is 5. The summed E-state index contributed by atoms with van der Waals surface area (Å²) < 4.78 is 2.10. The van der Waals surface area contributed by atoms with Gasteiger partial charge in [0.2, 0.25) is 0 Å². The van der Waals surface area contributed by atoms with Crippen molar-refractivity contribution in [1.29, 1.82) is 0 Å². The van der Waals surface area contributed by atoms with Crippen molar-refractivity contribution < 1.29 is 0 Å². The van der Waals surface area contributed by atoms with Crippen LogP contribution >= 0.6 is 15.9 Å². The summed E-state index contributed by atoms with van der Waals surface area (Å²) >= 11 is 3.43. The zero-order valence-corrected chi connectivity index (χ0v) is 13.6. The highest BCUT2D eigenvalue weighted by Crippen LogP contribution is 2.24. The quantitative estimate of drug-likeness (QED) is 0.861. The van der Waals surface area contributed by atoms with E-state index >= 15 is 0 Å². The molecule has 0 bridgehead atoms. The van der Waals surface area contributed by atoms with Gasteiger partial charge in [0.1, 0.15) is 4.47 Å². The summed E-state index contributed by atoms with van der Waals surface area (Å²) in [6, 6.07) is 0.276. The normalized spacial score (nSPS) is 16.9. The van der Waals surface area contributed by atoms with E-state index in [1.54, 1.807) is 6.20 Å². The van der Waals surface area contributed by atoms with E-state index in [1.165, 1.54) is 4.68 Å². The molecule has 2 N–H and O–H groups in total. The molecule has 0 aliphatic carbocycles. The SMILES string of the molecule is CN(C)CCn1ncc(N2CCC(N)CC2)c(Br)c1=O. The molecule has 20 heavy (non-hydrogen) atoms. The predicted molar refractivity (Wildman–Crippen MR) is 84.2 cm³/mol. The van der Waals surface area contributed by atoms with Gasteiger partial charge in [-0.05, 0) is 42.9 Å². The lowest BCUT2D eigenvalue weighted by Crippen LogP contribution is -2.41. The maximum atomic E-state index is 12.3. The first kappa shape index (κ1) is 15.5. The van der Waals surface area contributed by atoms with E-state index in [0.717, 1.165) is 38.2 Å². The van der Waals surface area contributed by atoms with Crippen LogP contribution in [0.4, 0.5) is 5.69 Å². The summed E-state index contributed by atoms with van der Waals surface area (Å²) in [7, 11) is 3.96. The Labute approximate surface area is 127 Å². The fraction of sp³-hybridized carbons (Fsp3) is 0.692. The van der Waals surface area contributed by atoms with Crippen LogP contribution in [0.25, 0.3) is 0 Å². The van der Waals surface area contributed by atoms with Gasteiger partial charge in [-0.25, -0.2) is 4.68 Å². The average molecular weight is 344 g/mol. The lowest BCUT2D eigenvalue weighted by molar-refractivity contribution is 0.367. The largest absolute Gasteiger partial charge is 0.369 e. The number of hydrogen-bond donors (Lipinski definition) is 1. The van der Waals surface area contributed by atoms with E-state index < -0.39 is 0 Å². The van der Waals surface area contributed by atoms with Crippen molar-refractivity contribution in [3.63, 3.8) is 0 Å². The summed E-state index contributed by atoms with van der Waals surface area (Å²) in [5.41, 5.74) is 6.72. The van der Waals surface area contributed by atoms with Gasteiger partial charge in [0.25, 0.3) is 5.56 Å². The Morgan fingerprint density at radius 1 is 1.45 bits per heavy atom. The Bertz CT molecular complexity index is 508. The molecule has 0 spiro atoms. The van der Waals surface area contributed by atoms with E-state index in [4.69, 9.17) is 5.73 Å². The molecule has 1 aromatic heterocycles. The Hall–Kier alpha value is -0.920. The summed E-state index contributed by atoms with van der Waals surface area (Å²) in [6.07, 6.45) is 3.68. The van der Waals surface area contributed by atoms with Gasteiger partial charge in [0, 0.05) is 25.7 Å². The van der Waals surface area contributed by atoms with Gasteiger partial charge in [0.15, 0.2) is 0 Å². The minimum absolute atomic E-state index is 0.0702. The van der Waals surface area contributed by atoms with Crippen LogP contribution in [0.1, 0.15) is 12.8 Å². The third-order valence-corrected chi connectivity index (χ3v) is 4.35. The van der Waals surface area contributed by atoms with E-state index in [1.807, 2.05) is 19.0 Å². The smallest absolute Gasteiger partial charge is 0.283 e. The molecule has 2 heterocycles. The summed E-state index contributed by atoms with van der Waals surface area (Å²) in [5, 5.41) is 4.28. The molecule has 1 aliphatic rings. The first-order valence-electron chi connectivity index (χ1n) is 6.90. The van der Waals surface area contributed by atoms with Crippen LogP contribution in [0.15, 0.2) is 15.5 Å². The molecule has 7 heteroatoms. The van der Waals surface area contributed by atoms with Gasteiger partial charge in [-0.15, -0.1) is 0 Å². The number of likely N-dealkylation sites (N-methyl/N-ethyl adjacent to an activating group) is 1. The first-order valence-corrected chi connectivity index (χ1v) is 7.69. The summed E-state index contributed by atoms with van der Waals surface area (Å²) in [6.45, 7) is 3.14. The number of piperidine rings is 1. The number of nitrogens with zero attached hydrogens (tertiary/aromatic N) is 4. The molecular weight excluding hydrogens is 322 g/mol. The van der Waals surface area contributed by atoms with E-state index in [0.29, 0.717) is 11.0 Å². The maximum absolute atomic E-state index is 12.3. The Morgan fingerprint density at radius 2 is 2.10 bits per heavy atom. The Kier molecular flexibility index (Phi) is 5.17. The van der Waals surface area contributed by atoms with Gasteiger partial charge in [-0.2, -0.15) is 5.10 Å². The van der Waals surface area contributed by atoms with Gasteiger partial charge in [-0.3, -0.25) is 4.79 Å². The zero-order valence-electron chi connectivity index (χ0n) is 12.0. The summed E-state index contributed by atoms with van der Waals surface area (Å²) in [4.78, 5) is 16.5. The first-order chi connectivity index (χ1) is 9.49. The fourth-order valence-corrected chi connectivity index (χ4v) is 2.83. The molecule has 1 aromatic rings. The molecule has 2 rings (SSSR count). The zero-order chi connectivity index (χ0) is 14.7. The third-order valence-electron chi connectivity index (χ3n) is 3.61. The maximum Gasteiger partial charge on any atom is 0.283 e. The lowest BCUT2D eigenvalue weighted by atomic mass is 10.1. The standard InChI is InChI=1S/C13H22BrN5O/c1-17(2)7-8-19-13(20)12(14)11(9-16-19)18-5-3-10(15)4-6-18/h9-10H,3-8,15H2,1-2H3. The molecule has 112 valence electrons. The number of nitrogens with two attached hydrogens (primary N) is 1. The van der Waals surface area contributed by atoms with Crippen molar-refractivity contribution in [3.8, 4) is 0 Å². The van der Waals surface area contributed by atoms with Crippen molar-refractivity contribution in [2.24, 2.45) is 5.73 Å². The fourth-order valence-electron chi connectivity index (χ4n) is 2.27. The second-order valence-corrected chi connectivity index (χ2v) is 6.29. The molecule has 0 amide bonds. The highest BCUT2D eigenvalue weighted by Gasteiger charge is 2.20. The Balaban J connectivity index is 2.16. The minimum atomic E-state index is -0.0702. The number of aromatic nitrogens is 2. The van der Waals surface area contributed by atoms with Crippen LogP contribution in [-0.2, 0) is 6.54 Å². The number of anilines is 1. The van der Waals surface area contributed by atoms with Crippen molar-refractivity contribution >= 4 is 21.6 Å². The minimum Gasteiger partial charge on any atom is -0.369 e. The van der Waals surface area contributed by atoms with Crippen molar-refractivity contribution in [1.82, 2.24) is 14.7 Å². The van der Waals surface area contributed by atoms with Crippen LogP contribution in [0.3, 0.4) is 0 Å². The molecule has 6 nitrogen and oxygen atoms in total. The van der Waals surface area contributed by atoms with Gasteiger partial charge in [-0.1, -0.05) is 0 Å². The highest BCUT2D eigenvalue weighted by atomic mass is 79.9. The molecule has 1 aliphatic heterocycles. The molecule has 0 atom stereocenters. The summed E-state index contributed by atoms with van der Waals surface area (Å²) in [5.74, 6) is 0. The number of rotatable bonds is 4.